The van der Waals surface area contributed by atoms with E-state index in [0.717, 1.165) is 18.5 Å². The molecule has 5 nitrogen and oxygen atoms in total. The van der Waals surface area contributed by atoms with Crippen LogP contribution < -0.4 is 5.32 Å². The van der Waals surface area contributed by atoms with E-state index in [0.29, 0.717) is 5.82 Å². The molecule has 0 aliphatic carbocycles. The second-order valence-corrected chi connectivity index (χ2v) is 4.78. The molecule has 2 aromatic rings. The van der Waals surface area contributed by atoms with Crippen LogP contribution in [0.4, 0.5) is 11.5 Å². The Hall–Kier alpha value is -2.43. The summed E-state index contributed by atoms with van der Waals surface area (Å²) < 4.78 is 0. The molecule has 0 saturated heterocycles. The lowest BCUT2D eigenvalue weighted by molar-refractivity contribution is -0.385. The van der Waals surface area contributed by atoms with E-state index in [4.69, 9.17) is 0 Å². The van der Waals surface area contributed by atoms with E-state index in [2.05, 4.69) is 41.5 Å². The van der Waals surface area contributed by atoms with Crippen LogP contribution in [0.3, 0.4) is 0 Å². The monoisotopic (exact) mass is 271 g/mol. The summed E-state index contributed by atoms with van der Waals surface area (Å²) >= 11 is 0. The van der Waals surface area contributed by atoms with Gasteiger partial charge in [0.1, 0.15) is 12.0 Å². The number of nitro groups is 1. The number of aromatic nitrogens is 1. The first-order valence-electron chi connectivity index (χ1n) is 6.47. The number of nitrogens with zero attached hydrogens (tertiary/aromatic N) is 2. The van der Waals surface area contributed by atoms with Crippen LogP contribution in [0.15, 0.2) is 36.5 Å². The number of pyridine rings is 1. The molecule has 2 rings (SSSR count). The van der Waals surface area contributed by atoms with Gasteiger partial charge in [-0.2, -0.15) is 0 Å². The topological polar surface area (TPSA) is 68.1 Å². The van der Waals surface area contributed by atoms with Crippen molar-refractivity contribution in [2.45, 2.75) is 20.3 Å². The normalized spacial score (nSPS) is 10.3. The third kappa shape index (κ3) is 3.54. The predicted molar refractivity (Wildman–Crippen MR) is 79.0 cm³/mol. The molecule has 0 radical (unpaired) electrons. The van der Waals surface area contributed by atoms with Gasteiger partial charge in [0.15, 0.2) is 0 Å². The molecule has 0 bridgehead atoms. The Balaban J connectivity index is 1.94. The molecule has 0 saturated carbocycles. The zero-order valence-corrected chi connectivity index (χ0v) is 11.6. The highest BCUT2D eigenvalue weighted by molar-refractivity contribution is 5.48. The van der Waals surface area contributed by atoms with E-state index in [1.54, 1.807) is 0 Å². The molecule has 0 unspecified atom stereocenters. The summed E-state index contributed by atoms with van der Waals surface area (Å²) in [5, 5.41) is 13.8. The van der Waals surface area contributed by atoms with Crippen LogP contribution in [0.25, 0.3) is 0 Å². The number of hydrogen-bond acceptors (Lipinski definition) is 4. The Morgan fingerprint density at radius 2 is 1.95 bits per heavy atom. The molecule has 20 heavy (non-hydrogen) atoms. The van der Waals surface area contributed by atoms with E-state index >= 15 is 0 Å². The van der Waals surface area contributed by atoms with Crippen LogP contribution in [0.5, 0.6) is 0 Å². The molecule has 5 heteroatoms. The Morgan fingerprint density at radius 1 is 1.25 bits per heavy atom. The Bertz CT molecular complexity index is 609. The van der Waals surface area contributed by atoms with Crippen LogP contribution in [-0.4, -0.2) is 16.5 Å². The molecular weight excluding hydrogens is 254 g/mol. The van der Waals surface area contributed by atoms with Gasteiger partial charge in [-0.3, -0.25) is 10.1 Å². The Labute approximate surface area is 117 Å². The largest absolute Gasteiger partial charge is 0.370 e. The van der Waals surface area contributed by atoms with Crippen molar-refractivity contribution < 1.29 is 4.92 Å². The molecule has 104 valence electrons. The summed E-state index contributed by atoms with van der Waals surface area (Å²) in [5.74, 6) is 0.697. The minimum atomic E-state index is -0.434. The zero-order valence-electron chi connectivity index (χ0n) is 11.6. The summed E-state index contributed by atoms with van der Waals surface area (Å²) in [6.07, 6.45) is 2.17. The lowest BCUT2D eigenvalue weighted by Crippen LogP contribution is -2.08. The van der Waals surface area contributed by atoms with Gasteiger partial charge in [-0.05, 0) is 31.4 Å². The summed E-state index contributed by atoms with van der Waals surface area (Å²) in [6, 6.07) is 9.91. The average Bonchev–Trinajstić information content (AvgIpc) is 2.42. The van der Waals surface area contributed by atoms with Crippen LogP contribution >= 0.6 is 0 Å². The first-order valence-corrected chi connectivity index (χ1v) is 6.47. The van der Waals surface area contributed by atoms with Gasteiger partial charge in [-0.1, -0.05) is 29.8 Å². The van der Waals surface area contributed by atoms with Crippen LogP contribution in [-0.2, 0) is 6.42 Å². The van der Waals surface area contributed by atoms with Gasteiger partial charge in [0.25, 0.3) is 5.69 Å². The minimum Gasteiger partial charge on any atom is -0.370 e. The number of rotatable bonds is 5. The zero-order chi connectivity index (χ0) is 14.5. The molecule has 0 spiro atoms. The molecule has 0 atom stereocenters. The molecule has 1 aromatic carbocycles. The number of anilines is 1. The highest BCUT2D eigenvalue weighted by Crippen LogP contribution is 2.17. The van der Waals surface area contributed by atoms with Crippen LogP contribution in [0.1, 0.15) is 16.7 Å². The lowest BCUT2D eigenvalue weighted by atomic mass is 10.1. The van der Waals surface area contributed by atoms with Gasteiger partial charge < -0.3 is 5.32 Å². The summed E-state index contributed by atoms with van der Waals surface area (Å²) in [5.41, 5.74) is 3.30. The second-order valence-electron chi connectivity index (χ2n) is 4.78. The van der Waals surface area contributed by atoms with Crippen molar-refractivity contribution in [1.29, 1.82) is 0 Å². The third-order valence-corrected chi connectivity index (χ3v) is 3.10. The van der Waals surface area contributed by atoms with Crippen molar-refractivity contribution >= 4 is 11.5 Å². The van der Waals surface area contributed by atoms with Gasteiger partial charge in [0.2, 0.25) is 0 Å². The third-order valence-electron chi connectivity index (χ3n) is 3.10. The summed E-state index contributed by atoms with van der Waals surface area (Å²) in [6.45, 7) is 4.62. The summed E-state index contributed by atoms with van der Waals surface area (Å²) in [7, 11) is 0. The smallest absolute Gasteiger partial charge is 0.287 e. The van der Waals surface area contributed by atoms with Crippen molar-refractivity contribution in [3.63, 3.8) is 0 Å². The highest BCUT2D eigenvalue weighted by Gasteiger charge is 2.08. The molecule has 1 aromatic heterocycles. The van der Waals surface area contributed by atoms with Gasteiger partial charge in [0, 0.05) is 12.6 Å². The Morgan fingerprint density at radius 3 is 2.55 bits per heavy atom. The van der Waals surface area contributed by atoms with Gasteiger partial charge in [-0.15, -0.1) is 0 Å². The van der Waals surface area contributed by atoms with E-state index in [1.165, 1.54) is 23.4 Å². The highest BCUT2D eigenvalue weighted by atomic mass is 16.6. The standard InChI is InChI=1S/C15H17N3O2/c1-11-3-5-13(6-4-11)7-8-16-15-12(2)9-14(10-17-15)18(19)20/h3-6,9-10H,7-8H2,1-2H3,(H,16,17). The van der Waals surface area contributed by atoms with Gasteiger partial charge >= 0.3 is 0 Å². The molecule has 0 aliphatic heterocycles. The van der Waals surface area contributed by atoms with Gasteiger partial charge in [0.05, 0.1) is 4.92 Å². The van der Waals surface area contributed by atoms with Crippen molar-refractivity contribution in [3.05, 3.63) is 63.3 Å². The molecule has 1 N–H and O–H groups in total. The first kappa shape index (κ1) is 14.0. The maximum Gasteiger partial charge on any atom is 0.287 e. The molecular formula is C15H17N3O2. The van der Waals surface area contributed by atoms with Crippen LogP contribution in [0, 0.1) is 24.0 Å². The number of aryl methyl sites for hydroxylation is 2. The molecule has 0 amide bonds. The maximum absolute atomic E-state index is 10.6. The van der Waals surface area contributed by atoms with Crippen molar-refractivity contribution in [3.8, 4) is 0 Å². The molecule has 0 aliphatic rings. The van der Waals surface area contributed by atoms with Crippen molar-refractivity contribution in [2.75, 3.05) is 11.9 Å². The van der Waals surface area contributed by atoms with E-state index in [9.17, 15) is 10.1 Å². The second kappa shape index (κ2) is 6.14. The lowest BCUT2D eigenvalue weighted by Gasteiger charge is -2.08. The average molecular weight is 271 g/mol. The number of hydrogen-bond donors (Lipinski definition) is 1. The fourth-order valence-electron chi connectivity index (χ4n) is 1.92. The van der Waals surface area contributed by atoms with Crippen molar-refractivity contribution in [1.82, 2.24) is 4.98 Å². The van der Waals surface area contributed by atoms with E-state index < -0.39 is 4.92 Å². The number of nitrogens with one attached hydrogen (secondary N) is 1. The fourth-order valence-corrected chi connectivity index (χ4v) is 1.92. The predicted octanol–water partition coefficient (Wildman–Crippen LogP) is 3.26. The maximum atomic E-state index is 10.6. The minimum absolute atomic E-state index is 0.0200. The van der Waals surface area contributed by atoms with Crippen LogP contribution in [0.2, 0.25) is 0 Å². The SMILES string of the molecule is Cc1ccc(CCNc2ncc([N+](=O)[O-])cc2C)cc1. The fraction of sp³-hybridized carbons (Fsp3) is 0.267. The Kier molecular flexibility index (Phi) is 4.30. The van der Waals surface area contributed by atoms with Crippen molar-refractivity contribution in [2.24, 2.45) is 0 Å². The quantitative estimate of drug-likeness (QED) is 0.669. The van der Waals surface area contributed by atoms with E-state index in [1.807, 2.05) is 6.92 Å². The number of benzene rings is 1. The molecule has 0 fully saturated rings. The van der Waals surface area contributed by atoms with E-state index in [-0.39, 0.29) is 5.69 Å². The van der Waals surface area contributed by atoms with Gasteiger partial charge in [-0.25, -0.2) is 4.98 Å². The first-order chi connectivity index (χ1) is 9.56. The molecule has 1 heterocycles. The summed E-state index contributed by atoms with van der Waals surface area (Å²) in [4.78, 5) is 14.3.